The summed E-state index contributed by atoms with van der Waals surface area (Å²) in [5.41, 5.74) is 0. The number of amides is 2. The maximum atomic E-state index is 13.5. The number of ether oxygens (including phenoxy) is 1. The fourth-order valence-electron chi connectivity index (χ4n) is 8.59. The van der Waals surface area contributed by atoms with Crippen LogP contribution in [-0.2, 0) is 14.8 Å². The van der Waals surface area contributed by atoms with Crippen LogP contribution in [-0.4, -0.2) is 99.4 Å². The summed E-state index contributed by atoms with van der Waals surface area (Å²) >= 11 is 0. The highest BCUT2D eigenvalue weighted by molar-refractivity contribution is 7.88. The lowest BCUT2D eigenvalue weighted by Crippen LogP contribution is -2.72. The molecule has 0 unspecified atom stereocenters. The predicted molar refractivity (Wildman–Crippen MR) is 167 cm³/mol. The minimum absolute atomic E-state index is 0.0786. The van der Waals surface area contributed by atoms with Gasteiger partial charge in [0.2, 0.25) is 10.0 Å². The van der Waals surface area contributed by atoms with Crippen molar-refractivity contribution in [3.8, 4) is 11.8 Å². The average Bonchev–Trinajstić information content (AvgIpc) is 2.97. The minimum atomic E-state index is -3.25. The first-order valence-electron chi connectivity index (χ1n) is 17.0. The Hall–Kier alpha value is -1.34. The molecule has 5 rings (SSSR count). The van der Waals surface area contributed by atoms with Crippen molar-refractivity contribution >= 4 is 16.1 Å². The van der Waals surface area contributed by atoms with Crippen molar-refractivity contribution in [3.63, 3.8) is 0 Å². The Labute approximate surface area is 255 Å². The van der Waals surface area contributed by atoms with E-state index >= 15 is 0 Å². The molecule has 238 valence electrons. The maximum absolute atomic E-state index is 13.5. The quantitative estimate of drug-likeness (QED) is 0.445. The number of nitrogens with zero attached hydrogens (tertiary/aromatic N) is 3. The van der Waals surface area contributed by atoms with Gasteiger partial charge in [0.05, 0.1) is 12.4 Å². The highest BCUT2D eigenvalue weighted by Gasteiger charge is 2.53. The van der Waals surface area contributed by atoms with E-state index in [-0.39, 0.29) is 18.1 Å². The number of sulfonamides is 1. The van der Waals surface area contributed by atoms with Gasteiger partial charge in [-0.2, -0.15) is 0 Å². The van der Waals surface area contributed by atoms with Gasteiger partial charge in [-0.3, -0.25) is 4.90 Å². The highest BCUT2D eigenvalue weighted by atomic mass is 32.2. The molecule has 3 aliphatic carbocycles. The van der Waals surface area contributed by atoms with E-state index in [0.29, 0.717) is 42.4 Å². The van der Waals surface area contributed by atoms with Crippen LogP contribution in [0.15, 0.2) is 0 Å². The Balaban J connectivity index is 1.24. The van der Waals surface area contributed by atoms with Crippen molar-refractivity contribution in [1.29, 1.82) is 0 Å². The molecule has 2 heterocycles. The molecule has 0 bridgehead atoms. The van der Waals surface area contributed by atoms with E-state index in [2.05, 4.69) is 27.0 Å². The highest BCUT2D eigenvalue weighted by Crippen LogP contribution is 2.46. The number of carbonyl (C=O) groups is 1. The third-order valence-corrected chi connectivity index (χ3v) is 12.6. The normalized spacial score (nSPS) is 35.2. The summed E-state index contributed by atoms with van der Waals surface area (Å²) in [5.74, 6) is 9.40. The van der Waals surface area contributed by atoms with Crippen molar-refractivity contribution in [2.75, 3.05) is 46.6 Å². The van der Waals surface area contributed by atoms with Gasteiger partial charge >= 0.3 is 6.03 Å². The number of hydrogen-bond donors (Lipinski definition) is 1. The molecule has 2 saturated heterocycles. The molecule has 0 aromatic heterocycles. The largest absolute Gasteiger partial charge is 0.381 e. The summed E-state index contributed by atoms with van der Waals surface area (Å²) in [7, 11) is 0.252. The van der Waals surface area contributed by atoms with Crippen molar-refractivity contribution < 1.29 is 17.9 Å². The van der Waals surface area contributed by atoms with E-state index in [1.807, 2.05) is 0 Å². The van der Waals surface area contributed by atoms with E-state index in [1.54, 1.807) is 18.5 Å². The monoisotopic (exact) mass is 604 g/mol. The van der Waals surface area contributed by atoms with E-state index in [9.17, 15) is 13.2 Å². The summed E-state index contributed by atoms with van der Waals surface area (Å²) in [5, 5.41) is 3.36. The van der Waals surface area contributed by atoms with Crippen LogP contribution < -0.4 is 5.32 Å². The molecule has 3 saturated carbocycles. The molecule has 1 N–H and O–H groups in total. The molecule has 5 fully saturated rings. The molecule has 2 amide bonds. The first kappa shape index (κ1) is 32.1. The molecule has 42 heavy (non-hydrogen) atoms. The van der Waals surface area contributed by atoms with Crippen LogP contribution in [0.2, 0.25) is 0 Å². The van der Waals surface area contributed by atoms with E-state index in [0.717, 1.165) is 83.8 Å². The van der Waals surface area contributed by atoms with Gasteiger partial charge < -0.3 is 15.0 Å². The molecule has 9 heteroatoms. The fraction of sp³-hybridized carbons (Fsp3) is 0.909. The zero-order valence-corrected chi connectivity index (χ0v) is 27.3. The second kappa shape index (κ2) is 14.6. The first-order valence-corrected chi connectivity index (χ1v) is 18.8. The third kappa shape index (κ3) is 8.02. The first-order chi connectivity index (χ1) is 20.2. The number of carbonyl (C=O) groups excluding carboxylic acids is 1. The van der Waals surface area contributed by atoms with Gasteiger partial charge in [-0.1, -0.05) is 31.1 Å². The summed E-state index contributed by atoms with van der Waals surface area (Å²) in [6.45, 7) is 3.07. The molecule has 2 aliphatic heterocycles. The summed E-state index contributed by atoms with van der Waals surface area (Å²) in [6, 6.07) is 0.823. The van der Waals surface area contributed by atoms with E-state index in [4.69, 9.17) is 4.74 Å². The van der Waals surface area contributed by atoms with Gasteiger partial charge in [0.1, 0.15) is 0 Å². The van der Waals surface area contributed by atoms with Crippen LogP contribution in [0.5, 0.6) is 0 Å². The van der Waals surface area contributed by atoms with Crippen molar-refractivity contribution in [3.05, 3.63) is 0 Å². The van der Waals surface area contributed by atoms with Crippen molar-refractivity contribution in [1.82, 2.24) is 19.4 Å². The van der Waals surface area contributed by atoms with Crippen LogP contribution in [0.4, 0.5) is 4.79 Å². The molecule has 0 aromatic carbocycles. The van der Waals surface area contributed by atoms with Crippen LogP contribution in [0.1, 0.15) is 96.3 Å². The number of fused-ring (bicyclic) bond motifs is 1. The maximum Gasteiger partial charge on any atom is 0.317 e. The molecule has 5 aliphatic rings. The summed E-state index contributed by atoms with van der Waals surface area (Å²) in [4.78, 5) is 18.2. The van der Waals surface area contributed by atoms with Crippen LogP contribution in [0.25, 0.3) is 0 Å². The Kier molecular flexibility index (Phi) is 11.2. The number of likely N-dealkylation sites (N-methyl/N-ethyl adjacent to an activating group) is 1. The Morgan fingerprint density at radius 3 is 2.17 bits per heavy atom. The third-order valence-electron chi connectivity index (χ3n) is 11.3. The topological polar surface area (TPSA) is 82.2 Å². The lowest BCUT2D eigenvalue weighted by Gasteiger charge is -2.61. The summed E-state index contributed by atoms with van der Waals surface area (Å²) < 4.78 is 31.9. The molecular weight excluding hydrogens is 548 g/mol. The van der Waals surface area contributed by atoms with Gasteiger partial charge in [0, 0.05) is 63.8 Å². The lowest BCUT2D eigenvalue weighted by atomic mass is 9.65. The van der Waals surface area contributed by atoms with Gasteiger partial charge in [-0.05, 0) is 95.4 Å². The van der Waals surface area contributed by atoms with Gasteiger partial charge in [-0.25, -0.2) is 17.5 Å². The standard InChI is InChI=1S/C33H56N4O4S/c1-35(42(3,39)40)23-30-32(27-15-13-26(14-16-27)12-11-25-9-5-4-6-10-25)31-24-36(21-7-8-22-37(30)31)33(38)34-28-17-19-29(41-2)20-18-28/h25-32H,4-10,13-24H2,1-3H3,(H,34,38)/t26?,27?,28?,29?,30-,31-,32-/m0/s1. The number of hydrogen-bond acceptors (Lipinski definition) is 5. The molecular formula is C33H56N4O4S. The smallest absolute Gasteiger partial charge is 0.317 e. The van der Waals surface area contributed by atoms with E-state index in [1.165, 1.54) is 38.4 Å². The van der Waals surface area contributed by atoms with Crippen LogP contribution in [0, 0.1) is 35.5 Å². The number of nitrogens with one attached hydrogen (secondary N) is 1. The SMILES string of the molecule is COC1CCC(NC(=O)N2CCCCN3[C@@H](C2)[C@@H](C2CCC(C#CC4CCCCC4)CC2)[C@@H]3CN(C)S(C)(=O)=O)CC1. The number of urea groups is 1. The zero-order valence-electron chi connectivity index (χ0n) is 26.4. The zero-order chi connectivity index (χ0) is 29.7. The molecule has 8 nitrogen and oxygen atoms in total. The molecule has 3 atom stereocenters. The van der Waals surface area contributed by atoms with Crippen LogP contribution >= 0.6 is 0 Å². The molecule has 0 radical (unpaired) electrons. The predicted octanol–water partition coefficient (Wildman–Crippen LogP) is 4.70. The van der Waals surface area contributed by atoms with Crippen molar-refractivity contribution in [2.24, 2.45) is 23.7 Å². The van der Waals surface area contributed by atoms with Gasteiger partial charge in [0.15, 0.2) is 0 Å². The van der Waals surface area contributed by atoms with Crippen molar-refractivity contribution in [2.45, 2.75) is 121 Å². The summed E-state index contributed by atoms with van der Waals surface area (Å²) in [6.07, 6.45) is 18.8. The lowest BCUT2D eigenvalue weighted by molar-refractivity contribution is -0.110. The second-order valence-corrected chi connectivity index (χ2v) is 16.1. The van der Waals surface area contributed by atoms with Gasteiger partial charge in [-0.15, -0.1) is 0 Å². The average molecular weight is 605 g/mol. The Morgan fingerprint density at radius 2 is 1.52 bits per heavy atom. The number of rotatable bonds is 6. The van der Waals surface area contributed by atoms with Gasteiger partial charge in [0.25, 0.3) is 0 Å². The fourth-order valence-corrected chi connectivity index (χ4v) is 9.02. The van der Waals surface area contributed by atoms with Crippen LogP contribution in [0.3, 0.4) is 0 Å². The molecule has 0 spiro atoms. The Morgan fingerprint density at radius 1 is 0.881 bits per heavy atom. The second-order valence-electron chi connectivity index (χ2n) is 14.0. The van der Waals surface area contributed by atoms with E-state index < -0.39 is 10.0 Å². The minimum Gasteiger partial charge on any atom is -0.381 e. The molecule has 0 aromatic rings. The number of methoxy groups -OCH3 is 1. The Bertz CT molecular complexity index is 1050.